The lowest BCUT2D eigenvalue weighted by molar-refractivity contribution is -0.141. The van der Waals surface area contributed by atoms with Gasteiger partial charge in [0.05, 0.1) is 18.2 Å². The van der Waals surface area contributed by atoms with E-state index in [1.54, 1.807) is 19.1 Å². The highest BCUT2D eigenvalue weighted by Gasteiger charge is 2.26. The van der Waals surface area contributed by atoms with Crippen molar-refractivity contribution in [3.63, 3.8) is 0 Å². The quantitative estimate of drug-likeness (QED) is 0.364. The standard InChI is InChI=1S/C25H24ClNO4/c1-2-31-23(28)17-27(22-14-18(16-26)13-21(15-22)25(29)30)24(19-9-5-3-6-10-19)20-11-7-4-8-12-20/h3-15,24H,2,16-17H2,1H3,(H,29,30). The van der Waals surface area contributed by atoms with Gasteiger partial charge in [0.1, 0.15) is 6.54 Å². The van der Waals surface area contributed by atoms with Gasteiger partial charge in [0, 0.05) is 11.6 Å². The number of aromatic carboxylic acids is 1. The molecule has 0 saturated carbocycles. The Bertz CT molecular complexity index is 985. The number of carbonyl (C=O) groups is 2. The number of carboxylic acid groups (broad SMARTS) is 1. The van der Waals surface area contributed by atoms with Gasteiger partial charge in [-0.15, -0.1) is 11.6 Å². The highest BCUT2D eigenvalue weighted by molar-refractivity contribution is 6.17. The first-order valence-electron chi connectivity index (χ1n) is 9.98. The van der Waals surface area contributed by atoms with Gasteiger partial charge in [-0.25, -0.2) is 4.79 Å². The van der Waals surface area contributed by atoms with E-state index in [-0.39, 0.29) is 30.6 Å². The number of esters is 1. The minimum absolute atomic E-state index is 0.0485. The highest BCUT2D eigenvalue weighted by atomic mass is 35.5. The minimum Gasteiger partial charge on any atom is -0.478 e. The molecule has 0 aliphatic carbocycles. The number of hydrogen-bond donors (Lipinski definition) is 1. The zero-order valence-electron chi connectivity index (χ0n) is 17.2. The third-order valence-corrected chi connectivity index (χ3v) is 5.17. The molecular weight excluding hydrogens is 414 g/mol. The molecule has 0 fully saturated rings. The first-order chi connectivity index (χ1) is 15.0. The predicted octanol–water partition coefficient (Wildman–Crippen LogP) is 5.28. The molecule has 0 unspecified atom stereocenters. The average molecular weight is 438 g/mol. The predicted molar refractivity (Wildman–Crippen MR) is 122 cm³/mol. The molecule has 0 radical (unpaired) electrons. The molecule has 6 heteroatoms. The van der Waals surface area contributed by atoms with Crippen molar-refractivity contribution in [1.29, 1.82) is 0 Å². The number of carboxylic acids is 1. The summed E-state index contributed by atoms with van der Waals surface area (Å²) < 4.78 is 5.23. The van der Waals surface area contributed by atoms with Crippen LogP contribution >= 0.6 is 11.6 Å². The molecule has 3 rings (SSSR count). The van der Waals surface area contributed by atoms with Crippen LogP contribution in [0.1, 0.15) is 40.0 Å². The number of hydrogen-bond acceptors (Lipinski definition) is 4. The van der Waals surface area contributed by atoms with E-state index in [0.717, 1.165) is 11.1 Å². The number of ether oxygens (including phenoxy) is 1. The second kappa shape index (κ2) is 10.6. The van der Waals surface area contributed by atoms with Crippen LogP contribution in [0.4, 0.5) is 5.69 Å². The number of halogens is 1. The Morgan fingerprint density at radius 2 is 1.55 bits per heavy atom. The second-order valence-corrected chi connectivity index (χ2v) is 7.25. The molecule has 31 heavy (non-hydrogen) atoms. The van der Waals surface area contributed by atoms with Crippen molar-refractivity contribution < 1.29 is 19.4 Å². The van der Waals surface area contributed by atoms with Crippen LogP contribution in [-0.4, -0.2) is 30.2 Å². The van der Waals surface area contributed by atoms with E-state index in [0.29, 0.717) is 11.3 Å². The number of anilines is 1. The molecule has 0 spiro atoms. The Hall–Kier alpha value is -3.31. The van der Waals surface area contributed by atoms with Gasteiger partial charge in [0.2, 0.25) is 0 Å². The number of rotatable bonds is 9. The van der Waals surface area contributed by atoms with E-state index in [2.05, 4.69) is 0 Å². The molecule has 0 aliphatic heterocycles. The zero-order valence-corrected chi connectivity index (χ0v) is 18.0. The van der Waals surface area contributed by atoms with Crippen LogP contribution in [-0.2, 0) is 15.4 Å². The van der Waals surface area contributed by atoms with Crippen molar-refractivity contribution in [3.05, 3.63) is 101 Å². The van der Waals surface area contributed by atoms with Gasteiger partial charge in [-0.1, -0.05) is 60.7 Å². The maximum Gasteiger partial charge on any atom is 0.335 e. The van der Waals surface area contributed by atoms with Gasteiger partial charge in [0.25, 0.3) is 0 Å². The lowest BCUT2D eigenvalue weighted by Crippen LogP contribution is -2.35. The molecule has 0 bridgehead atoms. The summed E-state index contributed by atoms with van der Waals surface area (Å²) in [4.78, 5) is 26.2. The van der Waals surface area contributed by atoms with E-state index in [1.165, 1.54) is 0 Å². The van der Waals surface area contributed by atoms with Crippen molar-refractivity contribution in [2.75, 3.05) is 18.1 Å². The Kier molecular flexibility index (Phi) is 7.68. The first kappa shape index (κ1) is 22.4. The van der Waals surface area contributed by atoms with Crippen molar-refractivity contribution in [3.8, 4) is 0 Å². The maximum atomic E-state index is 12.6. The fraction of sp³-hybridized carbons (Fsp3) is 0.200. The summed E-state index contributed by atoms with van der Waals surface area (Å²) in [5, 5.41) is 9.60. The van der Waals surface area contributed by atoms with Crippen LogP contribution in [0.25, 0.3) is 0 Å². The Morgan fingerprint density at radius 3 is 2.03 bits per heavy atom. The SMILES string of the molecule is CCOC(=O)CN(c1cc(CCl)cc(C(=O)O)c1)C(c1ccccc1)c1ccccc1. The molecule has 0 aromatic heterocycles. The van der Waals surface area contributed by atoms with Gasteiger partial charge >= 0.3 is 11.9 Å². The average Bonchev–Trinajstić information content (AvgIpc) is 2.80. The number of alkyl halides is 1. The van der Waals surface area contributed by atoms with E-state index in [9.17, 15) is 14.7 Å². The lowest BCUT2D eigenvalue weighted by atomic mass is 9.95. The van der Waals surface area contributed by atoms with Crippen LogP contribution in [0, 0.1) is 0 Å². The number of carbonyl (C=O) groups excluding carboxylic acids is 1. The van der Waals surface area contributed by atoms with E-state index < -0.39 is 11.9 Å². The van der Waals surface area contributed by atoms with E-state index in [1.807, 2.05) is 71.6 Å². The van der Waals surface area contributed by atoms with Crippen molar-refractivity contribution in [2.24, 2.45) is 0 Å². The van der Waals surface area contributed by atoms with Crippen LogP contribution in [0.2, 0.25) is 0 Å². The van der Waals surface area contributed by atoms with Crippen molar-refractivity contribution in [1.82, 2.24) is 0 Å². The first-order valence-corrected chi connectivity index (χ1v) is 10.5. The zero-order chi connectivity index (χ0) is 22.2. The largest absolute Gasteiger partial charge is 0.478 e. The van der Waals surface area contributed by atoms with Crippen LogP contribution in [0.15, 0.2) is 78.9 Å². The molecule has 5 nitrogen and oxygen atoms in total. The van der Waals surface area contributed by atoms with Crippen LogP contribution < -0.4 is 4.90 Å². The van der Waals surface area contributed by atoms with Gasteiger partial charge in [-0.05, 0) is 41.8 Å². The molecule has 0 atom stereocenters. The lowest BCUT2D eigenvalue weighted by Gasteiger charge is -2.34. The van der Waals surface area contributed by atoms with Gasteiger partial charge in [-0.3, -0.25) is 4.79 Å². The monoisotopic (exact) mass is 437 g/mol. The second-order valence-electron chi connectivity index (χ2n) is 6.98. The summed E-state index contributed by atoms with van der Waals surface area (Å²) in [5.74, 6) is -1.30. The van der Waals surface area contributed by atoms with E-state index in [4.69, 9.17) is 16.3 Å². The topological polar surface area (TPSA) is 66.8 Å². The van der Waals surface area contributed by atoms with Crippen molar-refractivity contribution >= 4 is 29.2 Å². The molecule has 3 aromatic rings. The molecule has 0 saturated heterocycles. The summed E-state index contributed by atoms with van der Waals surface area (Å²) in [6, 6.07) is 24.1. The Morgan fingerprint density at radius 1 is 0.968 bits per heavy atom. The van der Waals surface area contributed by atoms with Crippen LogP contribution in [0.5, 0.6) is 0 Å². The van der Waals surface area contributed by atoms with Gasteiger partial charge in [0.15, 0.2) is 0 Å². The van der Waals surface area contributed by atoms with Crippen molar-refractivity contribution in [2.45, 2.75) is 18.8 Å². The summed E-state index contributed by atoms with van der Waals surface area (Å²) in [5.41, 5.74) is 3.28. The van der Waals surface area contributed by atoms with Gasteiger partial charge < -0.3 is 14.7 Å². The van der Waals surface area contributed by atoms with Crippen LogP contribution in [0.3, 0.4) is 0 Å². The fourth-order valence-corrected chi connectivity index (χ4v) is 3.70. The smallest absolute Gasteiger partial charge is 0.335 e. The fourth-order valence-electron chi connectivity index (χ4n) is 3.54. The summed E-state index contributed by atoms with van der Waals surface area (Å²) in [7, 11) is 0. The Balaban J connectivity index is 2.20. The third-order valence-electron chi connectivity index (χ3n) is 4.86. The molecule has 0 heterocycles. The molecule has 0 amide bonds. The summed E-state index contributed by atoms with van der Waals surface area (Å²) in [6.07, 6.45) is 0. The molecular formula is C25H24ClNO4. The number of nitrogens with zero attached hydrogens (tertiary/aromatic N) is 1. The number of benzene rings is 3. The normalized spacial score (nSPS) is 10.7. The molecule has 1 N–H and O–H groups in total. The third kappa shape index (κ3) is 5.64. The maximum absolute atomic E-state index is 12.6. The highest BCUT2D eigenvalue weighted by Crippen LogP contribution is 2.34. The summed E-state index contributed by atoms with van der Waals surface area (Å²) in [6.45, 7) is 1.97. The van der Waals surface area contributed by atoms with Gasteiger partial charge in [-0.2, -0.15) is 0 Å². The van der Waals surface area contributed by atoms with E-state index >= 15 is 0 Å². The Labute approximate surface area is 186 Å². The molecule has 160 valence electrons. The minimum atomic E-state index is -1.06. The molecule has 0 aliphatic rings. The summed E-state index contributed by atoms with van der Waals surface area (Å²) >= 11 is 6.05. The molecule has 3 aromatic carbocycles.